The van der Waals surface area contributed by atoms with E-state index in [1.165, 1.54) is 12.1 Å². The van der Waals surface area contributed by atoms with Crippen molar-refractivity contribution in [2.45, 2.75) is 50.0 Å². The molecule has 0 bridgehead atoms. The van der Waals surface area contributed by atoms with Crippen molar-refractivity contribution in [3.63, 3.8) is 0 Å². The molecule has 5 rings (SSSR count). The minimum atomic E-state index is -1.92. The van der Waals surface area contributed by atoms with E-state index in [0.29, 0.717) is 28.8 Å². The van der Waals surface area contributed by atoms with Crippen molar-refractivity contribution < 1.29 is 22.5 Å². The normalized spacial score (nSPS) is 14.3. The van der Waals surface area contributed by atoms with Gasteiger partial charge in [-0.3, -0.25) is 9.52 Å². The van der Waals surface area contributed by atoms with Gasteiger partial charge < -0.3 is 9.15 Å². The highest BCUT2D eigenvalue weighted by molar-refractivity contribution is 7.83. The lowest BCUT2D eigenvalue weighted by atomic mass is 10.0. The molecule has 0 aliphatic heterocycles. The van der Waals surface area contributed by atoms with Crippen LogP contribution in [0, 0.1) is 5.82 Å². The van der Waals surface area contributed by atoms with Crippen LogP contribution in [0.4, 0.5) is 4.39 Å². The lowest BCUT2D eigenvalue weighted by Crippen LogP contribution is -2.25. The molecular weight excluding hydrogens is 465 g/mol. The molecule has 1 fully saturated rings. The molecule has 5 nitrogen and oxygen atoms in total. The second-order valence-corrected chi connectivity index (χ2v) is 10.3. The summed E-state index contributed by atoms with van der Waals surface area (Å²) in [6.07, 6.45) is 2.06. The van der Waals surface area contributed by atoms with E-state index in [4.69, 9.17) is 9.15 Å². The maximum atomic E-state index is 14.6. The highest BCUT2D eigenvalue weighted by Crippen LogP contribution is 2.41. The van der Waals surface area contributed by atoms with Crippen molar-refractivity contribution in [2.24, 2.45) is 0 Å². The first-order valence-electron chi connectivity index (χ1n) is 11.7. The first-order valence-corrected chi connectivity index (χ1v) is 12.8. The predicted octanol–water partition coefficient (Wildman–Crippen LogP) is 6.60. The van der Waals surface area contributed by atoms with Crippen LogP contribution in [0.1, 0.15) is 65.8 Å². The SMILES string of the molecule is CC(C)c1ccc(OCc2ccccc2)c(S(=O)NC(=O)c2cc3c(F)cc(C4CC4)cc3o2)c1. The van der Waals surface area contributed by atoms with Crippen molar-refractivity contribution in [2.75, 3.05) is 0 Å². The summed E-state index contributed by atoms with van der Waals surface area (Å²) in [6, 6.07) is 19.8. The van der Waals surface area contributed by atoms with Gasteiger partial charge in [-0.05, 0) is 65.6 Å². The second-order valence-electron chi connectivity index (χ2n) is 9.13. The fraction of sp³-hybridized carbons (Fsp3) is 0.250. The number of hydrogen-bond acceptors (Lipinski definition) is 4. The number of furan rings is 1. The maximum Gasteiger partial charge on any atom is 0.298 e. The molecular formula is C28H26FNO4S. The summed E-state index contributed by atoms with van der Waals surface area (Å²) in [5, 5.41) is 0.235. The summed E-state index contributed by atoms with van der Waals surface area (Å²) < 4.78 is 41.9. The molecule has 0 radical (unpaired) electrons. The van der Waals surface area contributed by atoms with Gasteiger partial charge in [-0.1, -0.05) is 50.2 Å². The van der Waals surface area contributed by atoms with Crippen molar-refractivity contribution in [1.29, 1.82) is 0 Å². The van der Waals surface area contributed by atoms with Crippen LogP contribution in [-0.2, 0) is 17.6 Å². The van der Waals surface area contributed by atoms with Gasteiger partial charge in [-0.15, -0.1) is 0 Å². The van der Waals surface area contributed by atoms with E-state index in [0.717, 1.165) is 29.5 Å². The maximum absolute atomic E-state index is 14.6. The number of rotatable bonds is 8. The van der Waals surface area contributed by atoms with Gasteiger partial charge >= 0.3 is 0 Å². The van der Waals surface area contributed by atoms with Crippen molar-refractivity contribution in [3.8, 4) is 5.75 Å². The Morgan fingerprint density at radius 2 is 1.89 bits per heavy atom. The van der Waals surface area contributed by atoms with E-state index in [2.05, 4.69) is 4.72 Å². The quantitative estimate of drug-likeness (QED) is 0.301. The molecule has 1 aliphatic rings. The molecule has 180 valence electrons. The molecule has 0 spiro atoms. The number of benzene rings is 3. The van der Waals surface area contributed by atoms with Crippen LogP contribution in [0.2, 0.25) is 0 Å². The molecule has 1 aromatic heterocycles. The first kappa shape index (κ1) is 23.3. The standard InChI is InChI=1S/C28H26FNO4S/c1-17(2)20-10-11-24(33-16-18-6-4-3-5-7-18)27(14-20)35(32)30-28(31)26-15-22-23(29)12-21(19-8-9-19)13-25(22)34-26/h3-7,10-15,17,19H,8-9,16H2,1-2H3,(H,30,31). The van der Waals surface area contributed by atoms with E-state index in [1.807, 2.05) is 50.2 Å². The zero-order valence-electron chi connectivity index (χ0n) is 19.5. The van der Waals surface area contributed by atoms with Gasteiger partial charge in [-0.25, -0.2) is 8.60 Å². The van der Waals surface area contributed by atoms with Gasteiger partial charge in [0.15, 0.2) is 16.7 Å². The molecule has 4 aromatic rings. The van der Waals surface area contributed by atoms with E-state index >= 15 is 0 Å². The van der Waals surface area contributed by atoms with Gasteiger partial charge in [0.2, 0.25) is 0 Å². The number of fused-ring (bicyclic) bond motifs is 1. The summed E-state index contributed by atoms with van der Waals surface area (Å²) in [6.45, 7) is 4.36. The van der Waals surface area contributed by atoms with Crippen LogP contribution in [0.5, 0.6) is 5.75 Å². The highest BCUT2D eigenvalue weighted by atomic mass is 32.2. The van der Waals surface area contributed by atoms with Crippen LogP contribution in [0.3, 0.4) is 0 Å². The average Bonchev–Trinajstić information content (AvgIpc) is 3.61. The fourth-order valence-electron chi connectivity index (χ4n) is 3.95. The molecule has 1 amide bonds. The zero-order chi connectivity index (χ0) is 24.5. The van der Waals surface area contributed by atoms with Gasteiger partial charge in [0, 0.05) is 6.07 Å². The Kier molecular flexibility index (Phi) is 6.43. The minimum absolute atomic E-state index is 0.0908. The second kappa shape index (κ2) is 9.66. The third-order valence-electron chi connectivity index (χ3n) is 6.14. The molecule has 35 heavy (non-hydrogen) atoms. The Labute approximate surface area is 205 Å². The zero-order valence-corrected chi connectivity index (χ0v) is 20.4. The molecule has 3 aromatic carbocycles. The van der Waals surface area contributed by atoms with Crippen LogP contribution in [-0.4, -0.2) is 10.1 Å². The number of nitrogens with one attached hydrogen (secondary N) is 1. The largest absolute Gasteiger partial charge is 0.488 e. The molecule has 1 saturated carbocycles. The first-order chi connectivity index (χ1) is 16.9. The fourth-order valence-corrected chi connectivity index (χ4v) is 4.88. The number of ether oxygens (including phenoxy) is 1. The molecule has 1 heterocycles. The van der Waals surface area contributed by atoms with E-state index < -0.39 is 22.7 Å². The molecule has 0 saturated heterocycles. The van der Waals surface area contributed by atoms with E-state index in [9.17, 15) is 13.4 Å². The monoisotopic (exact) mass is 491 g/mol. The topological polar surface area (TPSA) is 68.5 Å². The van der Waals surface area contributed by atoms with Gasteiger partial charge in [-0.2, -0.15) is 0 Å². The smallest absolute Gasteiger partial charge is 0.298 e. The van der Waals surface area contributed by atoms with Crippen molar-refractivity contribution >= 4 is 27.9 Å². The summed E-state index contributed by atoms with van der Waals surface area (Å²) in [7, 11) is -1.92. The van der Waals surface area contributed by atoms with Crippen LogP contribution < -0.4 is 9.46 Å². The Morgan fingerprint density at radius 3 is 2.60 bits per heavy atom. The Morgan fingerprint density at radius 1 is 1.11 bits per heavy atom. The Balaban J connectivity index is 1.38. The van der Waals surface area contributed by atoms with Crippen LogP contribution in [0.25, 0.3) is 11.0 Å². The van der Waals surface area contributed by atoms with Gasteiger partial charge in [0.05, 0.1) is 5.39 Å². The molecule has 1 aliphatic carbocycles. The lowest BCUT2D eigenvalue weighted by Gasteiger charge is -2.14. The summed E-state index contributed by atoms with van der Waals surface area (Å²) in [5.41, 5.74) is 3.13. The highest BCUT2D eigenvalue weighted by Gasteiger charge is 2.26. The third-order valence-corrected chi connectivity index (χ3v) is 7.23. The van der Waals surface area contributed by atoms with E-state index in [-0.39, 0.29) is 17.1 Å². The van der Waals surface area contributed by atoms with Gasteiger partial charge in [0.1, 0.15) is 28.7 Å². The summed E-state index contributed by atoms with van der Waals surface area (Å²) in [5.74, 6) is -0.228. The molecule has 1 atom stereocenters. The average molecular weight is 492 g/mol. The number of hydrogen-bond donors (Lipinski definition) is 1. The number of halogens is 1. The molecule has 1 N–H and O–H groups in total. The number of carbonyl (C=O) groups is 1. The predicted molar refractivity (Wildman–Crippen MR) is 133 cm³/mol. The Bertz CT molecular complexity index is 1410. The summed E-state index contributed by atoms with van der Waals surface area (Å²) >= 11 is 0. The van der Waals surface area contributed by atoms with Crippen molar-refractivity contribution in [3.05, 3.63) is 95.0 Å². The number of amides is 1. The summed E-state index contributed by atoms with van der Waals surface area (Å²) in [4.78, 5) is 13.2. The molecule has 1 unspecified atom stereocenters. The van der Waals surface area contributed by atoms with Crippen LogP contribution >= 0.6 is 0 Å². The molecule has 7 heteroatoms. The van der Waals surface area contributed by atoms with Crippen LogP contribution in [0.15, 0.2) is 76.0 Å². The Hall–Kier alpha value is -3.45. The third kappa shape index (κ3) is 5.15. The number of carbonyl (C=O) groups excluding carboxylic acids is 1. The van der Waals surface area contributed by atoms with Crippen molar-refractivity contribution in [1.82, 2.24) is 4.72 Å². The van der Waals surface area contributed by atoms with Gasteiger partial charge in [0.25, 0.3) is 5.91 Å². The minimum Gasteiger partial charge on any atom is -0.488 e. The lowest BCUT2D eigenvalue weighted by molar-refractivity contribution is 0.0958. The van der Waals surface area contributed by atoms with E-state index in [1.54, 1.807) is 18.2 Å².